The van der Waals surface area contributed by atoms with Crippen LogP contribution in [-0.4, -0.2) is 20.8 Å². The second-order valence-corrected chi connectivity index (χ2v) is 6.20. The van der Waals surface area contributed by atoms with E-state index in [1.54, 1.807) is 6.20 Å². The summed E-state index contributed by atoms with van der Waals surface area (Å²) in [5.41, 5.74) is 4.78. The van der Waals surface area contributed by atoms with Crippen molar-refractivity contribution >= 4 is 6.03 Å². The zero-order valence-electron chi connectivity index (χ0n) is 15.2. The summed E-state index contributed by atoms with van der Waals surface area (Å²) in [6.07, 6.45) is 1.72. The van der Waals surface area contributed by atoms with Gasteiger partial charge in [-0.3, -0.25) is 4.98 Å². The largest absolute Gasteiger partial charge is 0.334 e. The van der Waals surface area contributed by atoms with Gasteiger partial charge >= 0.3 is 6.03 Å². The highest BCUT2D eigenvalue weighted by Gasteiger charge is 2.15. The zero-order valence-corrected chi connectivity index (χ0v) is 15.2. The van der Waals surface area contributed by atoms with Crippen molar-refractivity contribution in [1.29, 1.82) is 0 Å². The maximum atomic E-state index is 12.2. The van der Waals surface area contributed by atoms with Gasteiger partial charge in [0.05, 0.1) is 23.1 Å². The second kappa shape index (κ2) is 7.82. The van der Waals surface area contributed by atoms with Crippen molar-refractivity contribution in [3.8, 4) is 5.69 Å². The fourth-order valence-electron chi connectivity index (χ4n) is 2.87. The minimum absolute atomic E-state index is 0.162. The van der Waals surface area contributed by atoms with Gasteiger partial charge in [-0.1, -0.05) is 24.3 Å². The summed E-state index contributed by atoms with van der Waals surface area (Å²) in [5, 5.41) is 10.4. The first-order chi connectivity index (χ1) is 12.6. The molecule has 134 valence electrons. The average Bonchev–Trinajstić information content (AvgIpc) is 2.95. The summed E-state index contributed by atoms with van der Waals surface area (Å²) in [7, 11) is 0. The van der Waals surface area contributed by atoms with Crippen molar-refractivity contribution in [2.24, 2.45) is 0 Å². The lowest BCUT2D eigenvalue weighted by atomic mass is 10.2. The van der Waals surface area contributed by atoms with E-state index in [4.69, 9.17) is 0 Å². The molecule has 1 unspecified atom stereocenters. The van der Waals surface area contributed by atoms with Crippen LogP contribution in [0.4, 0.5) is 4.79 Å². The molecule has 2 N–H and O–H groups in total. The lowest BCUT2D eigenvalue weighted by Crippen LogP contribution is -2.37. The number of nitrogens with one attached hydrogen (secondary N) is 2. The first-order valence-corrected chi connectivity index (χ1v) is 8.62. The first-order valence-electron chi connectivity index (χ1n) is 8.62. The van der Waals surface area contributed by atoms with E-state index >= 15 is 0 Å². The molecule has 0 aliphatic heterocycles. The predicted octanol–water partition coefficient (Wildman–Crippen LogP) is 3.44. The van der Waals surface area contributed by atoms with E-state index in [0.717, 1.165) is 28.3 Å². The van der Waals surface area contributed by atoms with E-state index in [1.807, 2.05) is 74.0 Å². The van der Waals surface area contributed by atoms with Gasteiger partial charge in [-0.2, -0.15) is 5.10 Å². The molecule has 2 heterocycles. The Hall–Kier alpha value is -3.15. The highest BCUT2D eigenvalue weighted by atomic mass is 16.2. The van der Waals surface area contributed by atoms with Crippen LogP contribution in [0.15, 0.2) is 54.7 Å². The van der Waals surface area contributed by atoms with E-state index in [2.05, 4.69) is 20.7 Å². The quantitative estimate of drug-likeness (QED) is 0.741. The Kier molecular flexibility index (Phi) is 5.31. The Balaban J connectivity index is 1.65. The molecule has 6 nitrogen and oxygen atoms in total. The normalized spacial score (nSPS) is 11.8. The summed E-state index contributed by atoms with van der Waals surface area (Å²) < 4.78 is 1.90. The number of carbonyl (C=O) groups is 1. The number of benzene rings is 1. The Morgan fingerprint density at radius 1 is 1.12 bits per heavy atom. The third-order valence-corrected chi connectivity index (χ3v) is 4.35. The molecule has 1 atom stereocenters. The third-order valence-electron chi connectivity index (χ3n) is 4.35. The molecular formula is C20H23N5O. The van der Waals surface area contributed by atoms with Gasteiger partial charge in [0, 0.05) is 24.0 Å². The summed E-state index contributed by atoms with van der Waals surface area (Å²) in [5.74, 6) is 0. The molecule has 0 aliphatic carbocycles. The zero-order chi connectivity index (χ0) is 18.5. The number of rotatable bonds is 5. The average molecular weight is 349 g/mol. The monoisotopic (exact) mass is 349 g/mol. The Labute approximate surface area is 153 Å². The molecule has 0 saturated carbocycles. The maximum absolute atomic E-state index is 12.2. The van der Waals surface area contributed by atoms with Gasteiger partial charge in [0.25, 0.3) is 0 Å². The smallest absolute Gasteiger partial charge is 0.315 e. The van der Waals surface area contributed by atoms with Crippen molar-refractivity contribution in [2.45, 2.75) is 33.4 Å². The number of aromatic nitrogens is 3. The number of aryl methyl sites for hydroxylation is 1. The Morgan fingerprint density at radius 3 is 2.54 bits per heavy atom. The van der Waals surface area contributed by atoms with Gasteiger partial charge in [-0.25, -0.2) is 9.48 Å². The molecule has 0 radical (unpaired) electrons. The molecule has 26 heavy (non-hydrogen) atoms. The molecule has 2 amide bonds. The molecule has 1 aromatic carbocycles. The predicted molar refractivity (Wildman–Crippen MR) is 101 cm³/mol. The number of hydrogen-bond acceptors (Lipinski definition) is 3. The third kappa shape index (κ3) is 3.91. The fraction of sp³-hybridized carbons (Fsp3) is 0.250. The molecule has 0 aliphatic rings. The van der Waals surface area contributed by atoms with Gasteiger partial charge in [0.15, 0.2) is 0 Å². The Bertz CT molecular complexity index is 874. The van der Waals surface area contributed by atoms with E-state index in [0.29, 0.717) is 6.54 Å². The van der Waals surface area contributed by atoms with Gasteiger partial charge in [-0.15, -0.1) is 0 Å². The molecule has 0 saturated heterocycles. The van der Waals surface area contributed by atoms with Crippen LogP contribution in [0.1, 0.15) is 35.6 Å². The fourth-order valence-corrected chi connectivity index (χ4v) is 2.87. The van der Waals surface area contributed by atoms with E-state index < -0.39 is 0 Å². The van der Waals surface area contributed by atoms with E-state index in [9.17, 15) is 4.79 Å². The molecule has 3 rings (SSSR count). The van der Waals surface area contributed by atoms with Crippen LogP contribution >= 0.6 is 0 Å². The van der Waals surface area contributed by atoms with Crippen molar-refractivity contribution in [2.75, 3.05) is 0 Å². The highest BCUT2D eigenvalue weighted by molar-refractivity contribution is 5.74. The van der Waals surface area contributed by atoms with Crippen molar-refractivity contribution in [3.05, 3.63) is 77.4 Å². The number of nitrogens with zero attached hydrogens (tertiary/aromatic N) is 3. The second-order valence-electron chi connectivity index (χ2n) is 6.20. The number of urea groups is 1. The molecule has 0 bridgehead atoms. The standard InChI is InChI=1S/C20H23N5O/c1-14-18(16(3)25(24-14)17-9-5-4-6-10-17)13-22-20(26)23-15(2)19-11-7-8-12-21-19/h4-12,15H,13H2,1-3H3,(H2,22,23,26). The number of carbonyl (C=O) groups excluding carboxylic acids is 1. The lowest BCUT2D eigenvalue weighted by Gasteiger charge is -2.14. The molecule has 3 aromatic rings. The number of para-hydroxylation sites is 1. The van der Waals surface area contributed by atoms with Crippen LogP contribution in [0.3, 0.4) is 0 Å². The van der Waals surface area contributed by atoms with Crippen LogP contribution < -0.4 is 10.6 Å². The number of pyridine rings is 1. The van der Waals surface area contributed by atoms with E-state index in [1.165, 1.54) is 0 Å². The van der Waals surface area contributed by atoms with Crippen molar-refractivity contribution in [1.82, 2.24) is 25.4 Å². The van der Waals surface area contributed by atoms with Gasteiger partial charge < -0.3 is 10.6 Å². The number of hydrogen-bond donors (Lipinski definition) is 2. The summed E-state index contributed by atoms with van der Waals surface area (Å²) in [6.45, 7) is 6.30. The van der Waals surface area contributed by atoms with Gasteiger partial charge in [0.2, 0.25) is 0 Å². The SMILES string of the molecule is Cc1nn(-c2ccccc2)c(C)c1CNC(=O)NC(C)c1ccccn1. The molecule has 6 heteroatoms. The highest BCUT2D eigenvalue weighted by Crippen LogP contribution is 2.17. The van der Waals surface area contributed by atoms with Crippen LogP contribution in [0.25, 0.3) is 5.69 Å². The maximum Gasteiger partial charge on any atom is 0.315 e. The van der Waals surface area contributed by atoms with E-state index in [-0.39, 0.29) is 12.1 Å². The van der Waals surface area contributed by atoms with Crippen LogP contribution in [-0.2, 0) is 6.54 Å². The summed E-state index contributed by atoms with van der Waals surface area (Å²) >= 11 is 0. The van der Waals surface area contributed by atoms with Crippen molar-refractivity contribution < 1.29 is 4.79 Å². The molecule has 0 spiro atoms. The molecule has 2 aromatic heterocycles. The first kappa shape index (κ1) is 17.7. The van der Waals surface area contributed by atoms with Gasteiger partial charge in [0.1, 0.15) is 0 Å². The lowest BCUT2D eigenvalue weighted by molar-refractivity contribution is 0.237. The van der Waals surface area contributed by atoms with Crippen molar-refractivity contribution in [3.63, 3.8) is 0 Å². The Morgan fingerprint density at radius 2 is 1.85 bits per heavy atom. The number of amides is 2. The summed E-state index contributed by atoms with van der Waals surface area (Å²) in [4.78, 5) is 16.5. The minimum atomic E-state index is -0.227. The topological polar surface area (TPSA) is 71.8 Å². The molecule has 0 fully saturated rings. The van der Waals surface area contributed by atoms with Crippen LogP contribution in [0, 0.1) is 13.8 Å². The summed E-state index contributed by atoms with van der Waals surface area (Å²) in [6, 6.07) is 15.2. The molecular weight excluding hydrogens is 326 g/mol. The van der Waals surface area contributed by atoms with Crippen LogP contribution in [0.2, 0.25) is 0 Å². The van der Waals surface area contributed by atoms with Gasteiger partial charge in [-0.05, 0) is 45.0 Å². The minimum Gasteiger partial charge on any atom is -0.334 e. The van der Waals surface area contributed by atoms with Crippen LogP contribution in [0.5, 0.6) is 0 Å².